The summed E-state index contributed by atoms with van der Waals surface area (Å²) in [7, 11) is 0. The summed E-state index contributed by atoms with van der Waals surface area (Å²) in [4.78, 5) is 17.6. The normalized spacial score (nSPS) is 8.86. The monoisotopic (exact) mass is 233 g/mol. The molecule has 0 radical (unpaired) electrons. The first kappa shape index (κ1) is 12.7. The SMILES string of the molecule is Cl.Cl.NC(=O)c1ccc2nccc-2[nH]1. The van der Waals surface area contributed by atoms with E-state index >= 15 is 0 Å². The number of carbonyl (C=O) groups is 1. The van der Waals surface area contributed by atoms with E-state index < -0.39 is 5.91 Å². The second-order valence-corrected chi connectivity index (χ2v) is 2.48. The van der Waals surface area contributed by atoms with Gasteiger partial charge in [0.05, 0.1) is 11.4 Å². The average Bonchev–Trinajstić information content (AvgIpc) is 2.49. The van der Waals surface area contributed by atoms with Crippen LogP contribution in [0.2, 0.25) is 0 Å². The third-order valence-electron chi connectivity index (χ3n) is 1.67. The minimum absolute atomic E-state index is 0. The lowest BCUT2D eigenvalue weighted by Crippen LogP contribution is -2.13. The van der Waals surface area contributed by atoms with Crippen molar-refractivity contribution in [2.24, 2.45) is 5.73 Å². The van der Waals surface area contributed by atoms with Crippen molar-refractivity contribution in [2.75, 3.05) is 0 Å². The molecule has 0 fully saturated rings. The molecule has 76 valence electrons. The van der Waals surface area contributed by atoms with E-state index in [1.54, 1.807) is 24.4 Å². The molecule has 0 aromatic rings. The standard InChI is InChI=1S/C8H7N3O.2ClH/c9-8(12)7-2-1-5-6(11-7)3-4-10-5;;/h1-4,11H,(H2,9,12);2*1H. The third-order valence-corrected chi connectivity index (χ3v) is 1.67. The predicted molar refractivity (Wildman–Crippen MR) is 58.2 cm³/mol. The second kappa shape index (κ2) is 4.83. The number of nitrogens with two attached hydrogens (primary N) is 1. The first-order valence-corrected chi connectivity index (χ1v) is 3.51. The van der Waals surface area contributed by atoms with E-state index in [2.05, 4.69) is 9.97 Å². The van der Waals surface area contributed by atoms with Gasteiger partial charge in [-0.25, -0.2) is 0 Å². The fourth-order valence-electron chi connectivity index (χ4n) is 1.08. The summed E-state index contributed by atoms with van der Waals surface area (Å²) in [6.07, 6.45) is 1.67. The van der Waals surface area contributed by atoms with Crippen LogP contribution in [-0.2, 0) is 0 Å². The molecule has 0 aliphatic carbocycles. The van der Waals surface area contributed by atoms with Crippen LogP contribution in [0.15, 0.2) is 24.4 Å². The van der Waals surface area contributed by atoms with Crippen molar-refractivity contribution >= 4 is 30.7 Å². The summed E-state index contributed by atoms with van der Waals surface area (Å²) in [5.74, 6) is -0.460. The van der Waals surface area contributed by atoms with Crippen molar-refractivity contribution in [3.05, 3.63) is 30.1 Å². The number of aromatic amines is 1. The highest BCUT2D eigenvalue weighted by Crippen LogP contribution is 2.16. The number of hydrogen-bond acceptors (Lipinski definition) is 2. The molecule has 2 rings (SSSR count). The summed E-state index contributed by atoms with van der Waals surface area (Å²) >= 11 is 0. The topological polar surface area (TPSA) is 71.8 Å². The second-order valence-electron chi connectivity index (χ2n) is 2.48. The van der Waals surface area contributed by atoms with Gasteiger partial charge in [0.15, 0.2) is 0 Å². The number of carbonyl (C=O) groups excluding carboxylic acids is 1. The zero-order chi connectivity index (χ0) is 8.55. The van der Waals surface area contributed by atoms with Gasteiger partial charge in [-0.1, -0.05) is 0 Å². The lowest BCUT2D eigenvalue weighted by molar-refractivity contribution is 0.0995. The molecule has 4 nitrogen and oxygen atoms in total. The smallest absolute Gasteiger partial charge is 0.265 e. The first-order valence-electron chi connectivity index (χ1n) is 3.51. The summed E-state index contributed by atoms with van der Waals surface area (Å²) in [5.41, 5.74) is 7.14. The number of hydrogen-bond donors (Lipinski definition) is 2. The lowest BCUT2D eigenvalue weighted by Gasteiger charge is -2.00. The maximum absolute atomic E-state index is 10.7. The van der Waals surface area contributed by atoms with Gasteiger partial charge in [0.2, 0.25) is 0 Å². The predicted octanol–water partition coefficient (Wildman–Crippen LogP) is 1.46. The van der Waals surface area contributed by atoms with Crippen LogP contribution in [0.4, 0.5) is 0 Å². The van der Waals surface area contributed by atoms with Gasteiger partial charge in [-0.05, 0) is 18.2 Å². The molecule has 2 aliphatic rings. The number of amides is 1. The van der Waals surface area contributed by atoms with Crippen molar-refractivity contribution in [2.45, 2.75) is 0 Å². The van der Waals surface area contributed by atoms with E-state index in [0.717, 1.165) is 11.4 Å². The number of nitrogens with one attached hydrogen (secondary N) is 1. The van der Waals surface area contributed by atoms with Crippen LogP contribution in [0, 0.1) is 0 Å². The Labute approximate surface area is 93.1 Å². The molecule has 3 N–H and O–H groups in total. The van der Waals surface area contributed by atoms with Crippen molar-refractivity contribution < 1.29 is 4.79 Å². The number of fused-ring (bicyclic) bond motifs is 1. The van der Waals surface area contributed by atoms with Crippen molar-refractivity contribution in [1.29, 1.82) is 0 Å². The van der Waals surface area contributed by atoms with Crippen molar-refractivity contribution in [3.8, 4) is 11.4 Å². The van der Waals surface area contributed by atoms with Crippen molar-refractivity contribution in [1.82, 2.24) is 9.97 Å². The van der Waals surface area contributed by atoms with Crippen LogP contribution < -0.4 is 5.73 Å². The van der Waals surface area contributed by atoms with Gasteiger partial charge >= 0.3 is 0 Å². The Kier molecular flexibility index (Phi) is 4.40. The van der Waals surface area contributed by atoms with Gasteiger partial charge in [-0.2, -0.15) is 0 Å². The number of pyridine rings is 1. The molecule has 0 aromatic carbocycles. The van der Waals surface area contributed by atoms with Gasteiger partial charge in [0.25, 0.3) is 5.91 Å². The summed E-state index contributed by atoms with van der Waals surface area (Å²) < 4.78 is 0. The van der Waals surface area contributed by atoms with Crippen LogP contribution in [0.5, 0.6) is 0 Å². The molecule has 0 spiro atoms. The molecular weight excluding hydrogens is 225 g/mol. The molecule has 0 unspecified atom stereocenters. The molecule has 2 heterocycles. The number of primary amides is 1. The van der Waals surface area contributed by atoms with E-state index in [-0.39, 0.29) is 24.8 Å². The van der Waals surface area contributed by atoms with Gasteiger partial charge in [-0.3, -0.25) is 9.78 Å². The number of rotatable bonds is 1. The molecule has 6 heteroatoms. The minimum Gasteiger partial charge on any atom is -0.364 e. The van der Waals surface area contributed by atoms with Crippen molar-refractivity contribution in [3.63, 3.8) is 0 Å². The Balaban J connectivity index is 0.000000845. The molecule has 0 bridgehead atoms. The van der Waals surface area contributed by atoms with Crippen LogP contribution in [-0.4, -0.2) is 15.9 Å². The zero-order valence-electron chi connectivity index (χ0n) is 7.06. The molecule has 1 amide bonds. The van der Waals surface area contributed by atoms with Crippen LogP contribution in [0.3, 0.4) is 0 Å². The molecular formula is C8H9Cl2N3O. The van der Waals surface area contributed by atoms with Gasteiger partial charge < -0.3 is 10.7 Å². The maximum Gasteiger partial charge on any atom is 0.265 e. The Morgan fingerprint density at radius 3 is 2.64 bits per heavy atom. The number of H-pyrrole nitrogens is 1. The van der Waals surface area contributed by atoms with E-state index in [4.69, 9.17) is 5.73 Å². The third kappa shape index (κ3) is 2.16. The maximum atomic E-state index is 10.7. The van der Waals surface area contributed by atoms with E-state index in [9.17, 15) is 4.79 Å². The zero-order valence-corrected chi connectivity index (χ0v) is 8.69. The summed E-state index contributed by atoms with van der Waals surface area (Å²) in [6, 6.07) is 5.17. The number of nitrogens with zero attached hydrogens (tertiary/aromatic N) is 1. The number of halogens is 2. The lowest BCUT2D eigenvalue weighted by atomic mass is 10.2. The number of aromatic nitrogens is 2. The molecule has 0 saturated carbocycles. The molecule has 14 heavy (non-hydrogen) atoms. The highest BCUT2D eigenvalue weighted by Gasteiger charge is 2.06. The van der Waals surface area contributed by atoms with Gasteiger partial charge in [0.1, 0.15) is 5.69 Å². The fraction of sp³-hybridized carbons (Fsp3) is 0. The Hall–Kier alpha value is -1.26. The highest BCUT2D eigenvalue weighted by atomic mass is 35.5. The Morgan fingerprint density at radius 1 is 1.29 bits per heavy atom. The molecule has 2 aliphatic heterocycles. The van der Waals surface area contributed by atoms with Crippen LogP contribution >= 0.6 is 24.8 Å². The van der Waals surface area contributed by atoms with Crippen LogP contribution in [0.1, 0.15) is 10.5 Å². The largest absolute Gasteiger partial charge is 0.364 e. The summed E-state index contributed by atoms with van der Waals surface area (Å²) in [5, 5.41) is 0. The molecule has 0 aromatic heterocycles. The van der Waals surface area contributed by atoms with Gasteiger partial charge in [-0.15, -0.1) is 24.8 Å². The molecule has 0 saturated heterocycles. The van der Waals surface area contributed by atoms with Crippen LogP contribution in [0.25, 0.3) is 11.4 Å². The summed E-state index contributed by atoms with van der Waals surface area (Å²) in [6.45, 7) is 0. The van der Waals surface area contributed by atoms with E-state index in [0.29, 0.717) is 5.69 Å². The fourth-order valence-corrected chi connectivity index (χ4v) is 1.08. The Morgan fingerprint density at radius 2 is 2.00 bits per heavy atom. The molecule has 0 atom stereocenters. The first-order chi connectivity index (χ1) is 5.77. The van der Waals surface area contributed by atoms with E-state index in [1.165, 1.54) is 0 Å². The highest BCUT2D eigenvalue weighted by molar-refractivity contribution is 5.91. The Bertz CT molecular complexity index is 402. The quantitative estimate of drug-likeness (QED) is 0.783. The minimum atomic E-state index is -0.460. The van der Waals surface area contributed by atoms with E-state index in [1.807, 2.05) is 0 Å². The van der Waals surface area contributed by atoms with Gasteiger partial charge in [0, 0.05) is 6.20 Å². The average molecular weight is 234 g/mol.